The molecule has 2 aromatic rings. The molecule has 2 aromatic carbocycles. The minimum atomic E-state index is -3.26. The van der Waals surface area contributed by atoms with Crippen LogP contribution in [0.2, 0.25) is 5.02 Å². The van der Waals surface area contributed by atoms with Crippen molar-refractivity contribution in [1.29, 1.82) is 0 Å². The number of benzene rings is 2. The maximum Gasteiger partial charge on any atom is 0.308 e. The van der Waals surface area contributed by atoms with Crippen molar-refractivity contribution in [3.63, 3.8) is 0 Å². The molecule has 0 aliphatic heterocycles. The number of carbonyl (C=O) groups is 1. The van der Waals surface area contributed by atoms with Crippen LogP contribution in [0.4, 0.5) is 0 Å². The van der Waals surface area contributed by atoms with Crippen LogP contribution in [-0.2, 0) is 14.6 Å². The van der Waals surface area contributed by atoms with Gasteiger partial charge in [0.25, 0.3) is 0 Å². The Morgan fingerprint density at radius 1 is 1.05 bits per heavy atom. The van der Waals surface area contributed by atoms with Crippen LogP contribution >= 0.6 is 11.6 Å². The topological polar surface area (TPSA) is 69.7 Å². The summed E-state index contributed by atoms with van der Waals surface area (Å²) >= 11 is 6.03. The monoisotopic (exact) mass is 340 g/mol. The van der Waals surface area contributed by atoms with Crippen LogP contribution in [0, 0.1) is 0 Å². The van der Waals surface area contributed by atoms with Crippen LogP contribution in [0.3, 0.4) is 0 Å². The minimum Gasteiger partial charge on any atom is -0.456 e. The van der Waals surface area contributed by atoms with Crippen molar-refractivity contribution < 1.29 is 22.7 Å². The number of sulfone groups is 1. The molecule has 0 N–H and O–H groups in total. The largest absolute Gasteiger partial charge is 0.456 e. The minimum absolute atomic E-state index is 0.194. The number of esters is 1. The summed E-state index contributed by atoms with van der Waals surface area (Å²) in [5.74, 6) is 0.562. The number of halogens is 1. The van der Waals surface area contributed by atoms with Crippen molar-refractivity contribution in [2.24, 2.45) is 0 Å². The van der Waals surface area contributed by atoms with Crippen molar-refractivity contribution >= 4 is 27.4 Å². The highest BCUT2D eigenvalue weighted by atomic mass is 35.5. The van der Waals surface area contributed by atoms with Crippen LogP contribution in [0.15, 0.2) is 47.4 Å². The normalized spacial score (nSPS) is 11.0. The first-order valence-corrected chi connectivity index (χ1v) is 8.48. The van der Waals surface area contributed by atoms with Gasteiger partial charge < -0.3 is 9.47 Å². The van der Waals surface area contributed by atoms with Gasteiger partial charge in [0.05, 0.1) is 9.92 Å². The van der Waals surface area contributed by atoms with Gasteiger partial charge in [-0.2, -0.15) is 0 Å². The molecule has 0 saturated heterocycles. The van der Waals surface area contributed by atoms with Crippen LogP contribution < -0.4 is 9.47 Å². The maximum absolute atomic E-state index is 11.4. The summed E-state index contributed by atoms with van der Waals surface area (Å²) in [6.07, 6.45) is 1.13. The van der Waals surface area contributed by atoms with Gasteiger partial charge in [0.2, 0.25) is 0 Å². The van der Waals surface area contributed by atoms with Crippen LogP contribution in [0.1, 0.15) is 6.92 Å². The number of hydrogen-bond donors (Lipinski definition) is 0. The second-order valence-corrected chi connectivity index (χ2v) is 6.95. The first-order valence-electron chi connectivity index (χ1n) is 6.21. The molecule has 5 nitrogen and oxygen atoms in total. The highest BCUT2D eigenvalue weighted by Crippen LogP contribution is 2.33. The predicted octanol–water partition coefficient (Wildman–Crippen LogP) is 3.46. The first kappa shape index (κ1) is 16.3. The van der Waals surface area contributed by atoms with E-state index in [1.54, 1.807) is 12.1 Å². The lowest BCUT2D eigenvalue weighted by atomic mass is 10.3. The van der Waals surface area contributed by atoms with Gasteiger partial charge in [-0.15, -0.1) is 0 Å². The number of rotatable bonds is 4. The van der Waals surface area contributed by atoms with E-state index in [1.165, 1.54) is 37.3 Å². The number of carbonyl (C=O) groups excluding carboxylic acids is 1. The predicted molar refractivity (Wildman–Crippen MR) is 82.4 cm³/mol. The smallest absolute Gasteiger partial charge is 0.308 e. The lowest BCUT2D eigenvalue weighted by Gasteiger charge is -2.10. The van der Waals surface area contributed by atoms with E-state index in [0.717, 1.165) is 6.26 Å². The molecule has 2 rings (SSSR count). The Hall–Kier alpha value is -2.05. The third-order valence-electron chi connectivity index (χ3n) is 2.64. The van der Waals surface area contributed by atoms with Crippen LogP contribution in [0.25, 0.3) is 0 Å². The van der Waals surface area contributed by atoms with Crippen molar-refractivity contribution in [1.82, 2.24) is 0 Å². The van der Waals surface area contributed by atoms with Crippen molar-refractivity contribution in [3.05, 3.63) is 47.5 Å². The fourth-order valence-corrected chi connectivity index (χ4v) is 2.46. The SMILES string of the molecule is CC(=O)Oc1ccc(Cl)c(Oc2ccc(S(C)(=O)=O)cc2)c1. The van der Waals surface area contributed by atoms with Gasteiger partial charge >= 0.3 is 5.97 Å². The zero-order valence-electron chi connectivity index (χ0n) is 11.9. The van der Waals surface area contributed by atoms with E-state index < -0.39 is 15.8 Å². The van der Waals surface area contributed by atoms with E-state index in [0.29, 0.717) is 22.3 Å². The summed E-state index contributed by atoms with van der Waals surface area (Å²) in [7, 11) is -3.26. The molecular formula is C15H13ClO5S. The molecule has 0 aliphatic rings. The van der Waals surface area contributed by atoms with Gasteiger partial charge in [-0.1, -0.05) is 11.6 Å². The Balaban J connectivity index is 2.25. The summed E-state index contributed by atoms with van der Waals surface area (Å²) in [6.45, 7) is 1.29. The first-order chi connectivity index (χ1) is 10.3. The Kier molecular flexibility index (Phi) is 4.73. The van der Waals surface area contributed by atoms with Gasteiger partial charge in [-0.25, -0.2) is 8.42 Å². The zero-order valence-corrected chi connectivity index (χ0v) is 13.4. The van der Waals surface area contributed by atoms with Crippen molar-refractivity contribution in [3.8, 4) is 17.2 Å². The molecule has 0 saturated carbocycles. The molecule has 0 atom stereocenters. The number of ether oxygens (including phenoxy) is 2. The summed E-state index contributed by atoms with van der Waals surface area (Å²) in [4.78, 5) is 11.1. The van der Waals surface area contributed by atoms with Gasteiger partial charge in [0.15, 0.2) is 9.84 Å². The van der Waals surface area contributed by atoms with E-state index >= 15 is 0 Å². The highest BCUT2D eigenvalue weighted by molar-refractivity contribution is 7.90. The maximum atomic E-state index is 11.4. The molecule has 0 amide bonds. The average molecular weight is 341 g/mol. The molecule has 22 heavy (non-hydrogen) atoms. The van der Waals surface area contributed by atoms with E-state index in [2.05, 4.69) is 0 Å². The standard InChI is InChI=1S/C15H13ClO5S/c1-10(17)20-12-5-8-14(16)15(9-12)21-11-3-6-13(7-4-11)22(2,18)19/h3-9H,1-2H3. The summed E-state index contributed by atoms with van der Waals surface area (Å²) in [6, 6.07) is 10.5. The Morgan fingerprint density at radius 2 is 1.64 bits per heavy atom. The third kappa shape index (κ3) is 4.22. The summed E-state index contributed by atoms with van der Waals surface area (Å²) < 4.78 is 33.3. The lowest BCUT2D eigenvalue weighted by molar-refractivity contribution is -0.131. The molecule has 0 radical (unpaired) electrons. The quantitative estimate of drug-likeness (QED) is 0.629. The molecule has 0 aliphatic carbocycles. The molecule has 0 heterocycles. The van der Waals surface area contributed by atoms with Gasteiger partial charge in [-0.05, 0) is 36.4 Å². The molecule has 0 fully saturated rings. The molecule has 116 valence electrons. The zero-order chi connectivity index (χ0) is 16.3. The second-order valence-electron chi connectivity index (χ2n) is 4.53. The van der Waals surface area contributed by atoms with Gasteiger partial charge in [-0.3, -0.25) is 4.79 Å². The van der Waals surface area contributed by atoms with Crippen LogP contribution in [0.5, 0.6) is 17.2 Å². The lowest BCUT2D eigenvalue weighted by Crippen LogP contribution is -2.01. The molecule has 0 spiro atoms. The molecule has 0 unspecified atom stereocenters. The van der Waals surface area contributed by atoms with Gasteiger partial charge in [0.1, 0.15) is 17.2 Å². The fourth-order valence-electron chi connectivity index (χ4n) is 1.67. The van der Waals surface area contributed by atoms with Crippen LogP contribution in [-0.4, -0.2) is 20.6 Å². The Labute approximate surface area is 133 Å². The molecule has 0 bridgehead atoms. The molecule has 7 heteroatoms. The Morgan fingerprint density at radius 3 is 2.18 bits per heavy atom. The average Bonchev–Trinajstić information content (AvgIpc) is 2.41. The third-order valence-corrected chi connectivity index (χ3v) is 4.08. The molecule has 0 aromatic heterocycles. The number of hydrogen-bond acceptors (Lipinski definition) is 5. The summed E-state index contributed by atoms with van der Waals surface area (Å²) in [5.41, 5.74) is 0. The summed E-state index contributed by atoms with van der Waals surface area (Å²) in [5, 5.41) is 0.336. The Bertz CT molecular complexity index is 797. The van der Waals surface area contributed by atoms with Crippen molar-refractivity contribution in [2.45, 2.75) is 11.8 Å². The fraction of sp³-hybridized carbons (Fsp3) is 0.133. The van der Waals surface area contributed by atoms with E-state index in [4.69, 9.17) is 21.1 Å². The van der Waals surface area contributed by atoms with Crippen molar-refractivity contribution in [2.75, 3.05) is 6.26 Å². The second kappa shape index (κ2) is 6.37. The molecular weight excluding hydrogens is 328 g/mol. The van der Waals surface area contributed by atoms with E-state index in [9.17, 15) is 13.2 Å². The van der Waals surface area contributed by atoms with E-state index in [-0.39, 0.29) is 4.90 Å². The highest BCUT2D eigenvalue weighted by Gasteiger charge is 2.09. The van der Waals surface area contributed by atoms with Gasteiger partial charge in [0, 0.05) is 19.2 Å². The van der Waals surface area contributed by atoms with E-state index in [1.807, 2.05) is 0 Å².